The minimum Gasteiger partial charge on any atom is -0.375 e. The van der Waals surface area contributed by atoms with Crippen LogP contribution in [0.25, 0.3) is 0 Å². The summed E-state index contributed by atoms with van der Waals surface area (Å²) in [4.78, 5) is 23.2. The fourth-order valence-electron chi connectivity index (χ4n) is 5.08. The largest absolute Gasteiger partial charge is 0.375 e. The Balaban J connectivity index is 1.56. The Morgan fingerprint density at radius 1 is 1.03 bits per heavy atom. The summed E-state index contributed by atoms with van der Waals surface area (Å²) < 4.78 is 6.02. The highest BCUT2D eigenvalue weighted by Crippen LogP contribution is 2.39. The van der Waals surface area contributed by atoms with E-state index in [9.17, 15) is 4.79 Å². The number of carbonyl (C=O) groups excluding carboxylic acids is 1. The van der Waals surface area contributed by atoms with Crippen LogP contribution in [0.3, 0.4) is 0 Å². The molecule has 2 aromatic rings. The molecule has 0 bridgehead atoms. The van der Waals surface area contributed by atoms with Gasteiger partial charge in [0.25, 0.3) is 0 Å². The fourth-order valence-corrected chi connectivity index (χ4v) is 5.08. The standard InChI is InChI=1S/C25H33N3O2/c1-24(2)20-25(12-18-30-24,23(29)22-11-6-7-13-26-22)28-15-8-14-27(16-17-28)19-21-9-4-3-5-10-21/h3-7,9-11,13H,8,12,14-20H2,1-2H3. The van der Waals surface area contributed by atoms with Gasteiger partial charge in [0.2, 0.25) is 5.78 Å². The lowest BCUT2D eigenvalue weighted by molar-refractivity contribution is -0.107. The molecule has 2 saturated heterocycles. The number of nitrogens with zero attached hydrogens (tertiary/aromatic N) is 3. The molecule has 1 aromatic heterocycles. The van der Waals surface area contributed by atoms with Gasteiger partial charge < -0.3 is 4.74 Å². The van der Waals surface area contributed by atoms with E-state index in [0.717, 1.165) is 45.6 Å². The third-order valence-corrected chi connectivity index (χ3v) is 6.49. The zero-order valence-corrected chi connectivity index (χ0v) is 18.2. The van der Waals surface area contributed by atoms with E-state index in [1.54, 1.807) is 6.20 Å². The summed E-state index contributed by atoms with van der Waals surface area (Å²) in [5.74, 6) is 0.149. The second-order valence-corrected chi connectivity index (χ2v) is 9.21. The number of Topliss-reactive ketones (excluding diaryl/α,β-unsaturated/α-hetero) is 1. The Kier molecular flexibility index (Phi) is 6.32. The molecule has 5 nitrogen and oxygen atoms in total. The highest BCUT2D eigenvalue weighted by atomic mass is 16.5. The van der Waals surface area contributed by atoms with E-state index >= 15 is 0 Å². The third-order valence-electron chi connectivity index (χ3n) is 6.49. The molecule has 1 atom stereocenters. The van der Waals surface area contributed by atoms with Gasteiger partial charge in [-0.15, -0.1) is 0 Å². The average molecular weight is 408 g/mol. The third kappa shape index (κ3) is 4.64. The lowest BCUT2D eigenvalue weighted by atomic mass is 9.75. The van der Waals surface area contributed by atoms with Gasteiger partial charge in [-0.25, -0.2) is 0 Å². The number of benzene rings is 1. The van der Waals surface area contributed by atoms with Gasteiger partial charge in [-0.05, 0) is 50.9 Å². The summed E-state index contributed by atoms with van der Waals surface area (Å²) in [7, 11) is 0. The minimum atomic E-state index is -0.543. The number of rotatable bonds is 5. The molecule has 160 valence electrons. The molecule has 2 fully saturated rings. The van der Waals surface area contributed by atoms with Gasteiger partial charge in [-0.1, -0.05) is 36.4 Å². The van der Waals surface area contributed by atoms with Crippen molar-refractivity contribution in [2.45, 2.75) is 50.8 Å². The molecular weight excluding hydrogens is 374 g/mol. The van der Waals surface area contributed by atoms with Crippen molar-refractivity contribution in [1.82, 2.24) is 14.8 Å². The first-order valence-corrected chi connectivity index (χ1v) is 11.1. The van der Waals surface area contributed by atoms with Crippen molar-refractivity contribution in [3.05, 3.63) is 66.0 Å². The first kappa shape index (κ1) is 21.2. The van der Waals surface area contributed by atoms with Crippen LogP contribution in [0.5, 0.6) is 0 Å². The van der Waals surface area contributed by atoms with Crippen molar-refractivity contribution in [3.8, 4) is 0 Å². The molecule has 3 heterocycles. The number of pyridine rings is 1. The first-order chi connectivity index (χ1) is 14.5. The van der Waals surface area contributed by atoms with Gasteiger partial charge in [0, 0.05) is 45.4 Å². The van der Waals surface area contributed by atoms with E-state index in [2.05, 4.69) is 59.0 Å². The van der Waals surface area contributed by atoms with Gasteiger partial charge in [0.05, 0.1) is 11.1 Å². The maximum Gasteiger partial charge on any atom is 0.201 e. The van der Waals surface area contributed by atoms with Gasteiger partial charge >= 0.3 is 0 Å². The van der Waals surface area contributed by atoms with E-state index in [0.29, 0.717) is 18.7 Å². The topological polar surface area (TPSA) is 45.7 Å². The van der Waals surface area contributed by atoms with E-state index in [4.69, 9.17) is 4.74 Å². The summed E-state index contributed by atoms with van der Waals surface area (Å²) in [6, 6.07) is 16.3. The molecule has 1 aromatic carbocycles. The normalized spacial score (nSPS) is 25.5. The Morgan fingerprint density at radius 2 is 1.83 bits per heavy atom. The molecule has 0 N–H and O–H groups in total. The second-order valence-electron chi connectivity index (χ2n) is 9.21. The van der Waals surface area contributed by atoms with Gasteiger partial charge in [0.15, 0.2) is 0 Å². The second kappa shape index (κ2) is 8.96. The Labute approximate surface area is 180 Å². The van der Waals surface area contributed by atoms with Crippen LogP contribution in [0.2, 0.25) is 0 Å². The minimum absolute atomic E-state index is 0.149. The number of ketones is 1. The van der Waals surface area contributed by atoms with Gasteiger partial charge in [-0.2, -0.15) is 0 Å². The lowest BCUT2D eigenvalue weighted by Gasteiger charge is -2.49. The SMILES string of the molecule is CC1(C)CC(C(=O)c2ccccn2)(N2CCCN(Cc3ccccc3)CC2)CCO1. The number of ether oxygens (including phenoxy) is 1. The van der Waals surface area contributed by atoms with Crippen molar-refractivity contribution >= 4 is 5.78 Å². The molecule has 0 radical (unpaired) electrons. The smallest absolute Gasteiger partial charge is 0.201 e. The predicted octanol–water partition coefficient (Wildman–Crippen LogP) is 3.80. The number of hydrogen-bond acceptors (Lipinski definition) is 5. The summed E-state index contributed by atoms with van der Waals surface area (Å²) in [5.41, 5.74) is 1.05. The number of hydrogen-bond donors (Lipinski definition) is 0. The summed E-state index contributed by atoms with van der Waals surface area (Å²) in [6.07, 6.45) is 4.21. The molecule has 0 amide bonds. The quantitative estimate of drug-likeness (QED) is 0.706. The van der Waals surface area contributed by atoms with E-state index in [1.165, 1.54) is 5.56 Å². The van der Waals surface area contributed by atoms with Gasteiger partial charge in [0.1, 0.15) is 5.69 Å². The Hall–Kier alpha value is -2.08. The number of carbonyl (C=O) groups is 1. The zero-order chi connectivity index (χ0) is 21.0. The maximum atomic E-state index is 13.8. The van der Waals surface area contributed by atoms with Crippen molar-refractivity contribution in [3.63, 3.8) is 0 Å². The summed E-state index contributed by atoms with van der Waals surface area (Å²) in [5, 5.41) is 0. The highest BCUT2D eigenvalue weighted by molar-refractivity contribution is 6.02. The molecular formula is C25H33N3O2. The van der Waals surface area contributed by atoms with Crippen LogP contribution in [-0.4, -0.2) is 64.5 Å². The molecule has 0 saturated carbocycles. The van der Waals surface area contributed by atoms with Crippen LogP contribution in [0.15, 0.2) is 54.7 Å². The molecule has 0 aliphatic carbocycles. The van der Waals surface area contributed by atoms with Crippen LogP contribution < -0.4 is 0 Å². The molecule has 2 aliphatic heterocycles. The molecule has 30 heavy (non-hydrogen) atoms. The summed E-state index contributed by atoms with van der Waals surface area (Å²) >= 11 is 0. The van der Waals surface area contributed by atoms with Crippen molar-refractivity contribution in [2.24, 2.45) is 0 Å². The monoisotopic (exact) mass is 407 g/mol. The molecule has 0 spiro atoms. The van der Waals surface area contributed by atoms with Crippen LogP contribution in [0.4, 0.5) is 0 Å². The summed E-state index contributed by atoms with van der Waals surface area (Å²) in [6.45, 7) is 9.62. The van der Waals surface area contributed by atoms with Crippen LogP contribution in [0, 0.1) is 0 Å². The molecule has 5 heteroatoms. The molecule has 2 aliphatic rings. The van der Waals surface area contributed by atoms with Gasteiger partial charge in [-0.3, -0.25) is 19.6 Å². The van der Waals surface area contributed by atoms with Crippen LogP contribution in [-0.2, 0) is 11.3 Å². The highest BCUT2D eigenvalue weighted by Gasteiger charge is 2.50. The van der Waals surface area contributed by atoms with E-state index < -0.39 is 5.54 Å². The van der Waals surface area contributed by atoms with E-state index in [1.807, 2.05) is 18.2 Å². The van der Waals surface area contributed by atoms with Crippen molar-refractivity contribution in [2.75, 3.05) is 32.8 Å². The van der Waals surface area contributed by atoms with Crippen molar-refractivity contribution in [1.29, 1.82) is 0 Å². The maximum absolute atomic E-state index is 13.8. The Bertz CT molecular complexity index is 840. The lowest BCUT2D eigenvalue weighted by Crippen LogP contribution is -2.62. The predicted molar refractivity (Wildman–Crippen MR) is 118 cm³/mol. The molecule has 4 rings (SSSR count). The Morgan fingerprint density at radius 3 is 2.57 bits per heavy atom. The average Bonchev–Trinajstić information content (AvgIpc) is 3.00. The fraction of sp³-hybridized carbons (Fsp3) is 0.520. The van der Waals surface area contributed by atoms with Crippen LogP contribution >= 0.6 is 0 Å². The number of aromatic nitrogens is 1. The van der Waals surface area contributed by atoms with Crippen LogP contribution in [0.1, 0.15) is 49.2 Å². The molecule has 1 unspecified atom stereocenters. The zero-order valence-electron chi connectivity index (χ0n) is 18.2. The first-order valence-electron chi connectivity index (χ1n) is 11.1. The van der Waals surface area contributed by atoms with E-state index in [-0.39, 0.29) is 11.4 Å². The van der Waals surface area contributed by atoms with Crippen molar-refractivity contribution < 1.29 is 9.53 Å².